The Hall–Kier alpha value is -1.78. The number of aryl methyl sites for hydroxylation is 2. The Morgan fingerprint density at radius 1 is 1.40 bits per heavy atom. The van der Waals surface area contributed by atoms with Crippen molar-refractivity contribution in [1.29, 1.82) is 0 Å². The molecule has 2 aromatic heterocycles. The minimum atomic E-state index is 1.00. The molecule has 0 amide bonds. The maximum absolute atomic E-state index is 4.37. The molecular formula is C10H13N5. The molecule has 5 heteroatoms. The normalized spacial score (nSPS) is 14.7. The molecule has 0 aliphatic carbocycles. The molecule has 2 aromatic rings. The number of anilines is 1. The fourth-order valence-electron chi connectivity index (χ4n) is 1.98. The zero-order chi connectivity index (χ0) is 10.3. The van der Waals surface area contributed by atoms with Crippen LogP contribution in [0.1, 0.15) is 6.42 Å². The summed E-state index contributed by atoms with van der Waals surface area (Å²) in [5.74, 6) is 1.12. The molecule has 78 valence electrons. The van der Waals surface area contributed by atoms with Crippen molar-refractivity contribution in [2.75, 3.05) is 11.9 Å². The third-order valence-electron chi connectivity index (χ3n) is 2.77. The molecule has 0 bridgehead atoms. The van der Waals surface area contributed by atoms with Gasteiger partial charge in [-0.2, -0.15) is 5.10 Å². The molecule has 0 radical (unpaired) electrons. The Kier molecular flexibility index (Phi) is 1.77. The van der Waals surface area contributed by atoms with E-state index in [-0.39, 0.29) is 0 Å². The molecule has 0 atom stereocenters. The van der Waals surface area contributed by atoms with Gasteiger partial charge in [0.05, 0.1) is 30.0 Å². The van der Waals surface area contributed by atoms with Gasteiger partial charge in [-0.25, -0.2) is 9.67 Å². The molecule has 0 saturated heterocycles. The van der Waals surface area contributed by atoms with Gasteiger partial charge in [0.1, 0.15) is 5.82 Å². The van der Waals surface area contributed by atoms with Crippen molar-refractivity contribution in [1.82, 2.24) is 19.3 Å². The van der Waals surface area contributed by atoms with E-state index in [1.54, 1.807) is 0 Å². The summed E-state index contributed by atoms with van der Waals surface area (Å²) in [7, 11) is 2.00. The van der Waals surface area contributed by atoms with Crippen LogP contribution in [-0.4, -0.2) is 25.9 Å². The minimum Gasteiger partial charge on any atom is -0.370 e. The van der Waals surface area contributed by atoms with Crippen LogP contribution in [-0.2, 0) is 13.6 Å². The van der Waals surface area contributed by atoms with Crippen LogP contribution in [0.5, 0.6) is 0 Å². The van der Waals surface area contributed by atoms with Crippen molar-refractivity contribution in [3.05, 3.63) is 18.7 Å². The first-order chi connectivity index (χ1) is 7.36. The van der Waals surface area contributed by atoms with Gasteiger partial charge in [-0.1, -0.05) is 0 Å². The predicted molar refractivity (Wildman–Crippen MR) is 57.5 cm³/mol. The molecule has 3 rings (SSSR count). The molecule has 15 heavy (non-hydrogen) atoms. The third-order valence-corrected chi connectivity index (χ3v) is 2.77. The average molecular weight is 203 g/mol. The van der Waals surface area contributed by atoms with Gasteiger partial charge in [0.2, 0.25) is 0 Å². The van der Waals surface area contributed by atoms with Gasteiger partial charge in [0, 0.05) is 20.1 Å². The number of nitrogens with zero attached hydrogens (tertiary/aromatic N) is 4. The number of imidazole rings is 1. The maximum Gasteiger partial charge on any atom is 0.133 e. The molecular weight excluding hydrogens is 190 g/mol. The number of rotatable bonds is 1. The fraction of sp³-hybridized carbons (Fsp3) is 0.400. The molecule has 1 aliphatic rings. The third kappa shape index (κ3) is 1.23. The van der Waals surface area contributed by atoms with Gasteiger partial charge in [-0.15, -0.1) is 0 Å². The highest BCUT2D eigenvalue weighted by molar-refractivity contribution is 5.72. The molecule has 1 N–H and O–H groups in total. The average Bonchev–Trinajstić information content (AvgIpc) is 2.83. The van der Waals surface area contributed by atoms with Crippen LogP contribution >= 0.6 is 0 Å². The monoisotopic (exact) mass is 203 g/mol. The van der Waals surface area contributed by atoms with Crippen molar-refractivity contribution < 1.29 is 0 Å². The number of aromatic nitrogens is 4. The van der Waals surface area contributed by atoms with E-state index >= 15 is 0 Å². The second-order valence-electron chi connectivity index (χ2n) is 3.80. The highest BCUT2D eigenvalue weighted by Gasteiger charge is 2.16. The SMILES string of the molecule is Cn1cncc1-c1cnn2c1NCCC2. The second-order valence-corrected chi connectivity index (χ2v) is 3.80. The molecule has 5 nitrogen and oxygen atoms in total. The smallest absolute Gasteiger partial charge is 0.133 e. The van der Waals surface area contributed by atoms with Crippen molar-refractivity contribution in [2.24, 2.45) is 7.05 Å². The summed E-state index contributed by atoms with van der Waals surface area (Å²) in [6.45, 7) is 2.02. The zero-order valence-electron chi connectivity index (χ0n) is 8.64. The van der Waals surface area contributed by atoms with E-state index in [4.69, 9.17) is 0 Å². The van der Waals surface area contributed by atoms with E-state index in [9.17, 15) is 0 Å². The fourth-order valence-corrected chi connectivity index (χ4v) is 1.98. The number of hydrogen-bond acceptors (Lipinski definition) is 3. The lowest BCUT2D eigenvalue weighted by molar-refractivity contribution is 0.568. The molecule has 0 saturated carbocycles. The number of nitrogens with one attached hydrogen (secondary N) is 1. The summed E-state index contributed by atoms with van der Waals surface area (Å²) in [5.41, 5.74) is 2.24. The first-order valence-electron chi connectivity index (χ1n) is 5.12. The molecule has 0 unspecified atom stereocenters. The van der Waals surface area contributed by atoms with Gasteiger partial charge in [0.15, 0.2) is 0 Å². The van der Waals surface area contributed by atoms with E-state index in [1.165, 1.54) is 0 Å². The van der Waals surface area contributed by atoms with Crippen LogP contribution in [0.3, 0.4) is 0 Å². The molecule has 1 aliphatic heterocycles. The predicted octanol–water partition coefficient (Wildman–Crippen LogP) is 1.10. The Balaban J connectivity index is 2.13. The lowest BCUT2D eigenvalue weighted by Gasteiger charge is -2.16. The van der Waals surface area contributed by atoms with Crippen molar-refractivity contribution in [2.45, 2.75) is 13.0 Å². The summed E-state index contributed by atoms with van der Waals surface area (Å²) in [6.07, 6.45) is 6.72. The summed E-state index contributed by atoms with van der Waals surface area (Å²) in [5, 5.41) is 7.75. The van der Waals surface area contributed by atoms with E-state index in [2.05, 4.69) is 15.4 Å². The van der Waals surface area contributed by atoms with Crippen LogP contribution in [0.2, 0.25) is 0 Å². The lowest BCUT2D eigenvalue weighted by Crippen LogP contribution is -2.17. The number of hydrogen-bond donors (Lipinski definition) is 1. The Morgan fingerprint density at radius 3 is 3.13 bits per heavy atom. The van der Waals surface area contributed by atoms with Gasteiger partial charge in [0.25, 0.3) is 0 Å². The van der Waals surface area contributed by atoms with Crippen molar-refractivity contribution >= 4 is 5.82 Å². The second kappa shape index (κ2) is 3.12. The van der Waals surface area contributed by atoms with Crippen LogP contribution in [0.4, 0.5) is 5.82 Å². The van der Waals surface area contributed by atoms with Crippen molar-refractivity contribution in [3.63, 3.8) is 0 Å². The molecule has 3 heterocycles. The summed E-state index contributed by atoms with van der Waals surface area (Å²) in [6, 6.07) is 0. The minimum absolute atomic E-state index is 1.00. The number of fused-ring (bicyclic) bond motifs is 1. The Bertz CT molecular complexity index is 482. The van der Waals surface area contributed by atoms with Crippen LogP contribution in [0.15, 0.2) is 18.7 Å². The van der Waals surface area contributed by atoms with Crippen LogP contribution in [0, 0.1) is 0 Å². The van der Waals surface area contributed by atoms with E-state index in [0.29, 0.717) is 0 Å². The summed E-state index contributed by atoms with van der Waals surface area (Å²) in [4.78, 5) is 4.12. The standard InChI is InChI=1S/C10H13N5/c1-14-7-11-6-9(14)8-5-13-15-4-2-3-12-10(8)15/h5-7,12H,2-4H2,1H3. The largest absolute Gasteiger partial charge is 0.370 e. The van der Waals surface area contributed by atoms with E-state index in [1.807, 2.05) is 35.0 Å². The molecule has 0 spiro atoms. The Morgan fingerprint density at radius 2 is 2.33 bits per heavy atom. The first kappa shape index (κ1) is 8.52. The molecule has 0 fully saturated rings. The highest BCUT2D eigenvalue weighted by atomic mass is 15.3. The lowest BCUT2D eigenvalue weighted by atomic mass is 10.2. The van der Waals surface area contributed by atoms with Gasteiger partial charge in [-0.3, -0.25) is 0 Å². The topological polar surface area (TPSA) is 47.7 Å². The maximum atomic E-state index is 4.37. The molecule has 0 aromatic carbocycles. The van der Waals surface area contributed by atoms with Gasteiger partial charge in [-0.05, 0) is 6.42 Å². The summed E-state index contributed by atoms with van der Waals surface area (Å²) >= 11 is 0. The van der Waals surface area contributed by atoms with E-state index < -0.39 is 0 Å². The van der Waals surface area contributed by atoms with Gasteiger partial charge >= 0.3 is 0 Å². The van der Waals surface area contributed by atoms with Crippen LogP contribution in [0.25, 0.3) is 11.3 Å². The van der Waals surface area contributed by atoms with Crippen molar-refractivity contribution in [3.8, 4) is 11.3 Å². The zero-order valence-corrected chi connectivity index (χ0v) is 8.64. The highest BCUT2D eigenvalue weighted by Crippen LogP contribution is 2.28. The Labute approximate surface area is 87.7 Å². The van der Waals surface area contributed by atoms with Gasteiger partial charge < -0.3 is 9.88 Å². The first-order valence-corrected chi connectivity index (χ1v) is 5.12. The van der Waals surface area contributed by atoms with E-state index in [0.717, 1.165) is 36.6 Å². The van der Waals surface area contributed by atoms with Crippen LogP contribution < -0.4 is 5.32 Å². The summed E-state index contributed by atoms with van der Waals surface area (Å²) < 4.78 is 4.03. The quantitative estimate of drug-likeness (QED) is 0.755.